The molecule has 0 fully saturated rings. The summed E-state index contributed by atoms with van der Waals surface area (Å²) in [4.78, 5) is 25.3. The second-order valence-electron chi connectivity index (χ2n) is 5.72. The molecule has 2 amide bonds. The van der Waals surface area contributed by atoms with Crippen LogP contribution in [0, 0.1) is 0 Å². The molecule has 0 unspecified atom stereocenters. The zero-order valence-electron chi connectivity index (χ0n) is 15.3. The smallest absolute Gasteiger partial charge is 0.255 e. The molecule has 144 valence electrons. The molecule has 7 nitrogen and oxygen atoms in total. The maximum atomic E-state index is 12.8. The SMILES string of the molecule is COc1ccccc1CN(C)C(=O)c1cc(Cl)c(OCC(N)=O)c(OC)c1. The molecule has 8 heteroatoms. The maximum Gasteiger partial charge on any atom is 0.255 e. The first-order valence-corrected chi connectivity index (χ1v) is 8.41. The van der Waals surface area contributed by atoms with E-state index in [1.54, 1.807) is 14.2 Å². The third-order valence-corrected chi connectivity index (χ3v) is 4.06. The van der Waals surface area contributed by atoms with Gasteiger partial charge < -0.3 is 24.8 Å². The third kappa shape index (κ3) is 5.04. The van der Waals surface area contributed by atoms with Crippen LogP contribution in [0.25, 0.3) is 0 Å². The van der Waals surface area contributed by atoms with Crippen LogP contribution in [0.3, 0.4) is 0 Å². The zero-order valence-corrected chi connectivity index (χ0v) is 16.1. The third-order valence-electron chi connectivity index (χ3n) is 3.78. The first kappa shape index (κ1) is 20.4. The molecule has 27 heavy (non-hydrogen) atoms. The normalized spacial score (nSPS) is 10.2. The van der Waals surface area contributed by atoms with E-state index in [1.807, 2.05) is 24.3 Å². The molecule has 0 aromatic heterocycles. The minimum atomic E-state index is -0.648. The van der Waals surface area contributed by atoms with Crippen molar-refractivity contribution < 1.29 is 23.8 Å². The molecule has 0 aliphatic rings. The molecular formula is C19H21ClN2O5. The first-order valence-electron chi connectivity index (χ1n) is 8.03. The Morgan fingerprint density at radius 2 is 1.78 bits per heavy atom. The average molecular weight is 393 g/mol. The molecule has 2 aromatic rings. The molecule has 2 rings (SSSR count). The molecule has 0 bridgehead atoms. The van der Waals surface area contributed by atoms with Gasteiger partial charge in [0.2, 0.25) is 0 Å². The number of benzene rings is 2. The van der Waals surface area contributed by atoms with E-state index in [2.05, 4.69) is 0 Å². The topological polar surface area (TPSA) is 91.1 Å². The van der Waals surface area contributed by atoms with Gasteiger partial charge in [0.05, 0.1) is 19.2 Å². The Kier molecular flexibility index (Phi) is 6.90. The summed E-state index contributed by atoms with van der Waals surface area (Å²) in [5.41, 5.74) is 6.27. The van der Waals surface area contributed by atoms with Crippen LogP contribution >= 0.6 is 11.6 Å². The second kappa shape index (κ2) is 9.14. The Bertz CT molecular complexity index is 841. The highest BCUT2D eigenvalue weighted by atomic mass is 35.5. The fourth-order valence-corrected chi connectivity index (χ4v) is 2.77. The monoisotopic (exact) mass is 392 g/mol. The van der Waals surface area contributed by atoms with Crippen molar-refractivity contribution >= 4 is 23.4 Å². The van der Waals surface area contributed by atoms with Crippen molar-refractivity contribution in [3.8, 4) is 17.2 Å². The Balaban J connectivity index is 2.24. The number of hydrogen-bond acceptors (Lipinski definition) is 5. The van der Waals surface area contributed by atoms with E-state index in [-0.39, 0.29) is 29.0 Å². The zero-order chi connectivity index (χ0) is 20.0. The number of carbonyl (C=O) groups excluding carboxylic acids is 2. The molecule has 0 spiro atoms. The highest BCUT2D eigenvalue weighted by Gasteiger charge is 2.19. The Morgan fingerprint density at radius 1 is 1.11 bits per heavy atom. The van der Waals surface area contributed by atoms with E-state index in [9.17, 15) is 9.59 Å². The number of nitrogens with two attached hydrogens (primary N) is 1. The number of para-hydroxylation sites is 1. The van der Waals surface area contributed by atoms with Gasteiger partial charge in [0.15, 0.2) is 18.1 Å². The molecule has 2 N–H and O–H groups in total. The highest BCUT2D eigenvalue weighted by molar-refractivity contribution is 6.32. The van der Waals surface area contributed by atoms with Crippen molar-refractivity contribution in [2.24, 2.45) is 5.73 Å². The quantitative estimate of drug-likeness (QED) is 0.745. The van der Waals surface area contributed by atoms with E-state index < -0.39 is 5.91 Å². The van der Waals surface area contributed by atoms with Crippen LogP contribution in [-0.2, 0) is 11.3 Å². The van der Waals surface area contributed by atoms with Crippen molar-refractivity contribution in [3.63, 3.8) is 0 Å². The molecule has 0 saturated heterocycles. The van der Waals surface area contributed by atoms with Gasteiger partial charge in [0.25, 0.3) is 11.8 Å². The minimum Gasteiger partial charge on any atom is -0.496 e. The van der Waals surface area contributed by atoms with Crippen molar-refractivity contribution in [2.75, 3.05) is 27.9 Å². The Hall–Kier alpha value is -2.93. The van der Waals surface area contributed by atoms with Crippen LogP contribution in [0.1, 0.15) is 15.9 Å². The molecule has 0 heterocycles. The minimum absolute atomic E-state index is 0.143. The van der Waals surface area contributed by atoms with E-state index in [0.717, 1.165) is 5.56 Å². The number of nitrogens with zero attached hydrogens (tertiary/aromatic N) is 1. The lowest BCUT2D eigenvalue weighted by Gasteiger charge is -2.20. The number of halogens is 1. The summed E-state index contributed by atoms with van der Waals surface area (Å²) in [6.07, 6.45) is 0. The van der Waals surface area contributed by atoms with E-state index in [0.29, 0.717) is 17.9 Å². The van der Waals surface area contributed by atoms with Crippen molar-refractivity contribution in [1.82, 2.24) is 4.90 Å². The molecule has 0 atom stereocenters. The molecule has 0 aliphatic heterocycles. The van der Waals surface area contributed by atoms with E-state index in [1.165, 1.54) is 24.1 Å². The molecule has 0 saturated carbocycles. The van der Waals surface area contributed by atoms with Gasteiger partial charge in [-0.3, -0.25) is 9.59 Å². The van der Waals surface area contributed by atoms with Gasteiger partial charge in [-0.05, 0) is 18.2 Å². The van der Waals surface area contributed by atoms with Gasteiger partial charge in [0.1, 0.15) is 5.75 Å². The lowest BCUT2D eigenvalue weighted by Crippen LogP contribution is -2.26. The number of carbonyl (C=O) groups is 2. The predicted molar refractivity (Wildman–Crippen MR) is 101 cm³/mol. The van der Waals surface area contributed by atoms with E-state index >= 15 is 0 Å². The average Bonchev–Trinajstić information content (AvgIpc) is 2.65. The van der Waals surface area contributed by atoms with Gasteiger partial charge in [0, 0.05) is 24.7 Å². The van der Waals surface area contributed by atoms with E-state index in [4.69, 9.17) is 31.5 Å². The van der Waals surface area contributed by atoms with Crippen LogP contribution in [-0.4, -0.2) is 44.6 Å². The largest absolute Gasteiger partial charge is 0.496 e. The number of rotatable bonds is 8. The summed E-state index contributed by atoms with van der Waals surface area (Å²) in [5.74, 6) is 0.176. The number of hydrogen-bond donors (Lipinski definition) is 1. The van der Waals surface area contributed by atoms with Crippen LogP contribution in [0.2, 0.25) is 5.02 Å². The Labute approximate surface area is 162 Å². The standard InChI is InChI=1S/C19H21ClN2O5/c1-22(10-12-6-4-5-7-15(12)25-2)19(24)13-8-14(20)18(16(9-13)26-3)27-11-17(21)23/h4-9H,10-11H2,1-3H3,(H2,21,23). The lowest BCUT2D eigenvalue weighted by atomic mass is 10.1. The van der Waals surface area contributed by atoms with Gasteiger partial charge in [-0.1, -0.05) is 29.8 Å². The number of ether oxygens (including phenoxy) is 3. The summed E-state index contributed by atoms with van der Waals surface area (Å²) in [5, 5.41) is 0.143. The summed E-state index contributed by atoms with van der Waals surface area (Å²) in [6, 6.07) is 10.4. The Morgan fingerprint density at radius 3 is 2.41 bits per heavy atom. The fourth-order valence-electron chi connectivity index (χ4n) is 2.51. The van der Waals surface area contributed by atoms with Gasteiger partial charge >= 0.3 is 0 Å². The highest BCUT2D eigenvalue weighted by Crippen LogP contribution is 2.36. The first-order chi connectivity index (χ1) is 12.9. The number of amides is 2. The van der Waals surface area contributed by atoms with Gasteiger partial charge in [-0.25, -0.2) is 0 Å². The molecule has 0 aliphatic carbocycles. The summed E-state index contributed by atoms with van der Waals surface area (Å²) >= 11 is 6.21. The van der Waals surface area contributed by atoms with Crippen LogP contribution in [0.15, 0.2) is 36.4 Å². The summed E-state index contributed by atoms with van der Waals surface area (Å²) in [7, 11) is 4.67. The number of methoxy groups -OCH3 is 2. The molecule has 0 radical (unpaired) electrons. The van der Waals surface area contributed by atoms with Crippen LogP contribution in [0.5, 0.6) is 17.2 Å². The molecule has 2 aromatic carbocycles. The van der Waals surface area contributed by atoms with Crippen molar-refractivity contribution in [3.05, 3.63) is 52.5 Å². The predicted octanol–water partition coefficient (Wildman–Crippen LogP) is 2.49. The van der Waals surface area contributed by atoms with Crippen molar-refractivity contribution in [2.45, 2.75) is 6.54 Å². The fraction of sp³-hybridized carbons (Fsp3) is 0.263. The van der Waals surface area contributed by atoms with Crippen LogP contribution in [0.4, 0.5) is 0 Å². The summed E-state index contributed by atoms with van der Waals surface area (Å²) < 4.78 is 15.8. The maximum absolute atomic E-state index is 12.8. The second-order valence-corrected chi connectivity index (χ2v) is 6.12. The number of primary amides is 1. The lowest BCUT2D eigenvalue weighted by molar-refractivity contribution is -0.119. The molecular weight excluding hydrogens is 372 g/mol. The van der Waals surface area contributed by atoms with Crippen molar-refractivity contribution in [1.29, 1.82) is 0 Å². The summed E-state index contributed by atoms with van der Waals surface area (Å²) in [6.45, 7) is -0.000213. The van der Waals surface area contributed by atoms with Crippen LogP contribution < -0.4 is 19.9 Å². The van der Waals surface area contributed by atoms with Gasteiger partial charge in [-0.2, -0.15) is 0 Å². The van der Waals surface area contributed by atoms with Gasteiger partial charge in [-0.15, -0.1) is 0 Å².